The van der Waals surface area contributed by atoms with Crippen LogP contribution in [0.4, 0.5) is 0 Å². The van der Waals surface area contributed by atoms with Gasteiger partial charge in [0.15, 0.2) is 6.21 Å². The second-order valence-corrected chi connectivity index (χ2v) is 1.61. The summed E-state index contributed by atoms with van der Waals surface area (Å²) in [4.78, 5) is 8.84. The van der Waals surface area contributed by atoms with E-state index in [-0.39, 0.29) is 6.17 Å². The topological polar surface area (TPSA) is 24.6 Å². The van der Waals surface area contributed by atoms with Crippen LogP contribution in [0.1, 0.15) is 13.8 Å². The average Bonchev–Trinajstić information content (AvgIpc) is 2.14. The maximum atomic E-state index is 4.90. The molecular weight excluding hydrogens is 104 g/mol. The van der Waals surface area contributed by atoms with Crippen LogP contribution < -0.4 is 0 Å². The van der Waals surface area contributed by atoms with E-state index in [1.54, 1.807) is 4.74 Å². The van der Waals surface area contributed by atoms with Gasteiger partial charge in [-0.3, -0.25) is 0 Å². The number of aliphatic imine (C=N–C) groups is 1. The maximum Gasteiger partial charge on any atom is 0.293 e. The van der Waals surface area contributed by atoms with Gasteiger partial charge in [-0.2, -0.15) is 4.99 Å². The van der Waals surface area contributed by atoms with Crippen molar-refractivity contribution in [3.63, 3.8) is 0 Å². The third-order valence-corrected chi connectivity index (χ3v) is 1.07. The summed E-state index contributed by atoms with van der Waals surface area (Å²) in [5.74, 6) is 0. The Labute approximate surface area is 48.3 Å². The van der Waals surface area contributed by atoms with E-state index in [0.717, 1.165) is 0 Å². The smallest absolute Gasteiger partial charge is 0.223 e. The van der Waals surface area contributed by atoms with Crippen molar-refractivity contribution in [2.24, 2.45) is 4.99 Å². The zero-order valence-electron chi connectivity index (χ0n) is 5.03. The summed E-state index contributed by atoms with van der Waals surface area (Å²) in [5, 5.41) is 0. The van der Waals surface area contributed by atoms with Crippen LogP contribution in [0.3, 0.4) is 0 Å². The van der Waals surface area contributed by atoms with Gasteiger partial charge in [-0.25, -0.2) is 4.84 Å². The van der Waals surface area contributed by atoms with Crippen molar-refractivity contribution >= 4 is 12.6 Å². The van der Waals surface area contributed by atoms with E-state index < -0.39 is 0 Å². The van der Waals surface area contributed by atoms with Gasteiger partial charge in [0.1, 0.15) is 0 Å². The first kappa shape index (κ1) is 5.28. The summed E-state index contributed by atoms with van der Waals surface area (Å²) in [5.41, 5.74) is 0. The lowest BCUT2D eigenvalue weighted by molar-refractivity contribution is -0.762. The van der Waals surface area contributed by atoms with E-state index in [9.17, 15) is 0 Å². The van der Waals surface area contributed by atoms with E-state index in [4.69, 9.17) is 4.84 Å². The standard InChI is InChI=1S/C5H9N2O/c1-3-7-5(2)6-4-8-7/h3-5H,1-2H3/q+1. The van der Waals surface area contributed by atoms with Crippen molar-refractivity contribution in [2.45, 2.75) is 20.0 Å². The molecule has 1 atom stereocenters. The zero-order chi connectivity index (χ0) is 5.98. The van der Waals surface area contributed by atoms with Crippen LogP contribution in [-0.4, -0.2) is 23.5 Å². The Morgan fingerprint density at radius 3 is 2.88 bits per heavy atom. The predicted molar refractivity (Wildman–Crippen MR) is 31.0 cm³/mol. The summed E-state index contributed by atoms with van der Waals surface area (Å²) in [7, 11) is 0. The number of hydrogen-bond donors (Lipinski definition) is 0. The SMILES string of the molecule is CC=[N+]1OC=NC1C. The number of hydroxylamine groups is 1. The molecule has 0 bridgehead atoms. The second kappa shape index (κ2) is 1.94. The van der Waals surface area contributed by atoms with Crippen molar-refractivity contribution < 1.29 is 9.58 Å². The molecule has 3 nitrogen and oxygen atoms in total. The third-order valence-electron chi connectivity index (χ3n) is 1.07. The lowest BCUT2D eigenvalue weighted by atomic mass is 10.6. The molecule has 0 saturated carbocycles. The van der Waals surface area contributed by atoms with E-state index in [1.165, 1.54) is 6.40 Å². The number of hydrogen-bond acceptors (Lipinski definition) is 2. The minimum atomic E-state index is 0.153. The zero-order valence-corrected chi connectivity index (χ0v) is 5.03. The van der Waals surface area contributed by atoms with Crippen LogP contribution in [-0.2, 0) is 4.84 Å². The molecule has 0 aromatic carbocycles. The summed E-state index contributed by atoms with van der Waals surface area (Å²) in [6.45, 7) is 3.87. The van der Waals surface area contributed by atoms with Gasteiger partial charge in [-0.15, -0.1) is 0 Å². The van der Waals surface area contributed by atoms with Gasteiger partial charge in [0.25, 0.3) is 12.6 Å². The molecule has 44 valence electrons. The van der Waals surface area contributed by atoms with E-state index in [2.05, 4.69) is 4.99 Å². The van der Waals surface area contributed by atoms with E-state index >= 15 is 0 Å². The maximum absolute atomic E-state index is 4.90. The van der Waals surface area contributed by atoms with Crippen molar-refractivity contribution in [1.82, 2.24) is 0 Å². The highest BCUT2D eigenvalue weighted by atomic mass is 16.7. The predicted octanol–water partition coefficient (Wildman–Crippen LogP) is 0.409. The molecule has 0 aliphatic carbocycles. The fourth-order valence-electron chi connectivity index (χ4n) is 0.600. The minimum absolute atomic E-state index is 0.153. The Bertz CT molecular complexity index is 139. The Hall–Kier alpha value is -0.860. The van der Waals surface area contributed by atoms with Crippen LogP contribution in [0.15, 0.2) is 4.99 Å². The molecule has 1 heterocycles. The highest BCUT2D eigenvalue weighted by Crippen LogP contribution is 1.97. The van der Waals surface area contributed by atoms with Gasteiger partial charge in [0.2, 0.25) is 0 Å². The number of nitrogens with zero attached hydrogens (tertiary/aromatic N) is 2. The molecule has 0 N–H and O–H groups in total. The average molecular weight is 113 g/mol. The first-order valence-corrected chi connectivity index (χ1v) is 2.61. The molecule has 0 radical (unpaired) electrons. The van der Waals surface area contributed by atoms with Gasteiger partial charge in [-0.05, 0) is 0 Å². The second-order valence-electron chi connectivity index (χ2n) is 1.61. The first-order chi connectivity index (χ1) is 3.84. The highest BCUT2D eigenvalue weighted by Gasteiger charge is 2.18. The van der Waals surface area contributed by atoms with Crippen LogP contribution in [0, 0.1) is 0 Å². The Kier molecular flexibility index (Phi) is 1.28. The molecule has 8 heavy (non-hydrogen) atoms. The van der Waals surface area contributed by atoms with Gasteiger partial charge in [0.05, 0.1) is 0 Å². The molecule has 0 aromatic heterocycles. The van der Waals surface area contributed by atoms with E-state index in [1.807, 2.05) is 20.1 Å². The molecule has 0 amide bonds. The molecule has 0 spiro atoms. The molecule has 1 unspecified atom stereocenters. The Balaban J connectivity index is 2.64. The highest BCUT2D eigenvalue weighted by molar-refractivity contribution is 5.50. The summed E-state index contributed by atoms with van der Waals surface area (Å²) >= 11 is 0. The fraction of sp³-hybridized carbons (Fsp3) is 0.600. The third kappa shape index (κ3) is 0.710. The molecule has 3 heteroatoms. The Morgan fingerprint density at radius 1 is 1.88 bits per heavy atom. The minimum Gasteiger partial charge on any atom is -0.223 e. The normalized spacial score (nSPS) is 31.2. The van der Waals surface area contributed by atoms with Crippen LogP contribution in [0.2, 0.25) is 0 Å². The van der Waals surface area contributed by atoms with Crippen LogP contribution in [0.25, 0.3) is 0 Å². The van der Waals surface area contributed by atoms with Crippen molar-refractivity contribution in [3.8, 4) is 0 Å². The van der Waals surface area contributed by atoms with Gasteiger partial charge in [-0.1, -0.05) is 0 Å². The number of rotatable bonds is 0. The largest absolute Gasteiger partial charge is 0.293 e. The lowest BCUT2D eigenvalue weighted by Gasteiger charge is -1.89. The summed E-state index contributed by atoms with van der Waals surface area (Å²) in [6.07, 6.45) is 3.45. The van der Waals surface area contributed by atoms with E-state index in [0.29, 0.717) is 0 Å². The van der Waals surface area contributed by atoms with Crippen LogP contribution in [0.5, 0.6) is 0 Å². The molecular formula is C5H9N2O+. The van der Waals surface area contributed by atoms with Gasteiger partial charge < -0.3 is 0 Å². The molecule has 0 saturated heterocycles. The molecule has 0 aromatic rings. The van der Waals surface area contributed by atoms with Crippen molar-refractivity contribution in [3.05, 3.63) is 0 Å². The van der Waals surface area contributed by atoms with Gasteiger partial charge >= 0.3 is 0 Å². The van der Waals surface area contributed by atoms with Crippen LogP contribution >= 0.6 is 0 Å². The molecule has 0 fully saturated rings. The molecule has 1 rings (SSSR count). The summed E-state index contributed by atoms with van der Waals surface area (Å²) < 4.78 is 1.68. The fourth-order valence-corrected chi connectivity index (χ4v) is 0.600. The lowest BCUT2D eigenvalue weighted by Crippen LogP contribution is -2.14. The summed E-state index contributed by atoms with van der Waals surface area (Å²) in [6, 6.07) is 0. The molecule has 1 aliphatic heterocycles. The Morgan fingerprint density at radius 2 is 2.62 bits per heavy atom. The van der Waals surface area contributed by atoms with Gasteiger partial charge in [0, 0.05) is 18.6 Å². The monoisotopic (exact) mass is 113 g/mol. The van der Waals surface area contributed by atoms with Crippen molar-refractivity contribution in [1.29, 1.82) is 0 Å². The first-order valence-electron chi connectivity index (χ1n) is 2.61. The van der Waals surface area contributed by atoms with Crippen molar-refractivity contribution in [2.75, 3.05) is 0 Å². The quantitative estimate of drug-likeness (QED) is 0.417. The molecule has 1 aliphatic rings.